The van der Waals surface area contributed by atoms with Crippen molar-refractivity contribution in [2.75, 3.05) is 0 Å². The number of benzene rings is 1. The van der Waals surface area contributed by atoms with Gasteiger partial charge in [0.2, 0.25) is 0 Å². The van der Waals surface area contributed by atoms with Crippen molar-refractivity contribution in [3.8, 4) is 0 Å². The van der Waals surface area contributed by atoms with Crippen LogP contribution in [0.4, 0.5) is 0 Å². The maximum absolute atomic E-state index is 12.6. The topological polar surface area (TPSA) is 51.1 Å². The summed E-state index contributed by atoms with van der Waals surface area (Å²) in [6, 6.07) is 10.1. The largest absolute Gasteiger partial charge is 0.348 e. The fraction of sp³-hybridized carbons (Fsp3) is 0.263. The van der Waals surface area contributed by atoms with Crippen molar-refractivity contribution in [2.45, 2.75) is 26.8 Å². The molecule has 0 fully saturated rings. The summed E-state index contributed by atoms with van der Waals surface area (Å²) >= 11 is 1.48. The molecule has 2 heterocycles. The number of amides is 1. The standard InChI is InChI=1S/C19H20N2O2S/c1-4-13-5-7-14(8-6-13)11-20-18(22)16-12(2)24-15-9-10-21(3)19(23)17(15)16/h5-10H,4,11H2,1-3H3,(H,20,22). The van der Waals surface area contributed by atoms with Crippen LogP contribution >= 0.6 is 11.3 Å². The SMILES string of the molecule is CCc1ccc(CNC(=O)c2c(C)sc3ccn(C)c(=O)c23)cc1. The molecule has 0 saturated heterocycles. The van der Waals surface area contributed by atoms with Crippen molar-refractivity contribution in [3.63, 3.8) is 0 Å². The number of fused-ring (bicyclic) bond motifs is 1. The van der Waals surface area contributed by atoms with E-state index in [1.807, 2.05) is 25.1 Å². The molecule has 0 bridgehead atoms. The van der Waals surface area contributed by atoms with Crippen LogP contribution in [0.2, 0.25) is 0 Å². The third kappa shape index (κ3) is 2.99. The number of aryl methyl sites for hydroxylation is 3. The molecule has 124 valence electrons. The van der Waals surface area contributed by atoms with Gasteiger partial charge in [0, 0.05) is 29.4 Å². The molecule has 1 amide bonds. The first-order valence-electron chi connectivity index (χ1n) is 7.96. The highest BCUT2D eigenvalue weighted by Crippen LogP contribution is 2.28. The number of hydrogen-bond acceptors (Lipinski definition) is 3. The van der Waals surface area contributed by atoms with E-state index in [1.165, 1.54) is 21.5 Å². The first-order chi connectivity index (χ1) is 11.5. The molecule has 1 N–H and O–H groups in total. The first kappa shape index (κ1) is 16.5. The number of pyridine rings is 1. The Hall–Kier alpha value is -2.40. The minimum absolute atomic E-state index is 0.130. The van der Waals surface area contributed by atoms with Crippen LogP contribution in [0.5, 0.6) is 0 Å². The summed E-state index contributed by atoms with van der Waals surface area (Å²) in [5.41, 5.74) is 2.69. The van der Waals surface area contributed by atoms with Crippen LogP contribution in [0, 0.1) is 6.92 Å². The number of nitrogens with one attached hydrogen (secondary N) is 1. The van der Waals surface area contributed by atoms with Crippen molar-refractivity contribution in [1.82, 2.24) is 9.88 Å². The van der Waals surface area contributed by atoms with Gasteiger partial charge in [-0.2, -0.15) is 0 Å². The lowest BCUT2D eigenvalue weighted by Gasteiger charge is -2.07. The number of aromatic nitrogens is 1. The van der Waals surface area contributed by atoms with Crippen LogP contribution in [-0.2, 0) is 20.0 Å². The number of thiophene rings is 1. The molecule has 1 aromatic carbocycles. The predicted molar refractivity (Wildman–Crippen MR) is 98.8 cm³/mol. The monoisotopic (exact) mass is 340 g/mol. The summed E-state index contributed by atoms with van der Waals surface area (Å²) in [6.07, 6.45) is 2.73. The van der Waals surface area contributed by atoms with Gasteiger partial charge in [-0.05, 0) is 30.5 Å². The van der Waals surface area contributed by atoms with Gasteiger partial charge in [-0.25, -0.2) is 0 Å². The highest BCUT2D eigenvalue weighted by Gasteiger charge is 2.19. The van der Waals surface area contributed by atoms with Crippen LogP contribution in [0.1, 0.15) is 33.3 Å². The Morgan fingerprint density at radius 1 is 1.17 bits per heavy atom. The Balaban J connectivity index is 1.87. The summed E-state index contributed by atoms with van der Waals surface area (Å²) in [6.45, 7) is 4.45. The Morgan fingerprint density at radius 3 is 2.50 bits per heavy atom. The minimum atomic E-state index is -0.193. The Kier molecular flexibility index (Phi) is 4.53. The van der Waals surface area contributed by atoms with Gasteiger partial charge in [0.25, 0.3) is 11.5 Å². The first-order valence-corrected chi connectivity index (χ1v) is 8.77. The van der Waals surface area contributed by atoms with E-state index in [0.717, 1.165) is 21.6 Å². The summed E-state index contributed by atoms with van der Waals surface area (Å²) in [7, 11) is 1.70. The van der Waals surface area contributed by atoms with Crippen molar-refractivity contribution >= 4 is 27.3 Å². The van der Waals surface area contributed by atoms with Crippen molar-refractivity contribution in [3.05, 3.63) is 68.4 Å². The van der Waals surface area contributed by atoms with E-state index in [0.29, 0.717) is 17.5 Å². The maximum Gasteiger partial charge on any atom is 0.259 e. The van der Waals surface area contributed by atoms with Gasteiger partial charge in [-0.1, -0.05) is 31.2 Å². The molecule has 2 aromatic heterocycles. The number of hydrogen-bond donors (Lipinski definition) is 1. The van der Waals surface area contributed by atoms with E-state index in [4.69, 9.17) is 0 Å². The lowest BCUT2D eigenvalue weighted by atomic mass is 10.1. The molecular formula is C19H20N2O2S. The molecular weight excluding hydrogens is 320 g/mol. The molecule has 0 aliphatic heterocycles. The van der Waals surface area contributed by atoms with E-state index in [1.54, 1.807) is 13.2 Å². The zero-order valence-corrected chi connectivity index (χ0v) is 14.9. The van der Waals surface area contributed by atoms with Gasteiger partial charge < -0.3 is 9.88 Å². The van der Waals surface area contributed by atoms with Crippen molar-refractivity contribution < 1.29 is 4.79 Å². The van der Waals surface area contributed by atoms with Crippen LogP contribution in [0.25, 0.3) is 10.1 Å². The molecule has 0 aliphatic carbocycles. The number of carbonyl (C=O) groups is 1. The Labute approximate surface area is 144 Å². The number of nitrogens with zero attached hydrogens (tertiary/aromatic N) is 1. The van der Waals surface area contributed by atoms with Gasteiger partial charge in [0.05, 0.1) is 10.9 Å². The van der Waals surface area contributed by atoms with E-state index in [9.17, 15) is 9.59 Å². The van der Waals surface area contributed by atoms with Crippen molar-refractivity contribution in [1.29, 1.82) is 0 Å². The van der Waals surface area contributed by atoms with Crippen LogP contribution in [0.15, 0.2) is 41.3 Å². The molecule has 0 atom stereocenters. The Bertz CT molecular complexity index is 952. The van der Waals surface area contributed by atoms with Crippen LogP contribution < -0.4 is 10.9 Å². The normalized spacial score (nSPS) is 11.0. The molecule has 5 heteroatoms. The zero-order chi connectivity index (χ0) is 17.3. The third-order valence-electron chi connectivity index (χ3n) is 4.21. The number of rotatable bonds is 4. The Morgan fingerprint density at radius 2 is 1.83 bits per heavy atom. The average molecular weight is 340 g/mol. The average Bonchev–Trinajstić information content (AvgIpc) is 2.93. The van der Waals surface area contributed by atoms with E-state index >= 15 is 0 Å². The van der Waals surface area contributed by atoms with Gasteiger partial charge >= 0.3 is 0 Å². The summed E-state index contributed by atoms with van der Waals surface area (Å²) < 4.78 is 2.36. The molecule has 0 aliphatic rings. The van der Waals surface area contributed by atoms with Gasteiger partial charge in [-0.3, -0.25) is 9.59 Å². The molecule has 24 heavy (non-hydrogen) atoms. The maximum atomic E-state index is 12.6. The lowest BCUT2D eigenvalue weighted by molar-refractivity contribution is 0.0952. The van der Waals surface area contributed by atoms with Crippen molar-refractivity contribution in [2.24, 2.45) is 7.05 Å². The molecule has 3 aromatic rings. The van der Waals surface area contributed by atoms with E-state index in [-0.39, 0.29) is 11.5 Å². The second kappa shape index (κ2) is 6.61. The summed E-state index contributed by atoms with van der Waals surface area (Å²) in [5.74, 6) is -0.193. The van der Waals surface area contributed by atoms with Crippen LogP contribution in [-0.4, -0.2) is 10.5 Å². The lowest BCUT2D eigenvalue weighted by Crippen LogP contribution is -2.25. The number of carbonyl (C=O) groups excluding carboxylic acids is 1. The molecule has 0 radical (unpaired) electrons. The molecule has 0 saturated carbocycles. The fourth-order valence-electron chi connectivity index (χ4n) is 2.76. The van der Waals surface area contributed by atoms with E-state index < -0.39 is 0 Å². The second-order valence-corrected chi connectivity index (χ2v) is 7.11. The van der Waals surface area contributed by atoms with E-state index in [2.05, 4.69) is 24.4 Å². The highest BCUT2D eigenvalue weighted by molar-refractivity contribution is 7.19. The fourth-order valence-corrected chi connectivity index (χ4v) is 3.80. The smallest absolute Gasteiger partial charge is 0.259 e. The van der Waals surface area contributed by atoms with Gasteiger partial charge in [0.15, 0.2) is 0 Å². The van der Waals surface area contributed by atoms with Crippen LogP contribution in [0.3, 0.4) is 0 Å². The minimum Gasteiger partial charge on any atom is -0.348 e. The summed E-state index contributed by atoms with van der Waals surface area (Å²) in [4.78, 5) is 25.9. The summed E-state index contributed by atoms with van der Waals surface area (Å²) in [5, 5.41) is 3.45. The third-order valence-corrected chi connectivity index (χ3v) is 5.28. The predicted octanol–water partition coefficient (Wildman–Crippen LogP) is 3.40. The quantitative estimate of drug-likeness (QED) is 0.791. The molecule has 4 nitrogen and oxygen atoms in total. The van der Waals surface area contributed by atoms with Gasteiger partial charge in [0.1, 0.15) is 0 Å². The molecule has 0 spiro atoms. The second-order valence-electron chi connectivity index (χ2n) is 5.86. The molecule has 3 rings (SSSR count). The zero-order valence-electron chi connectivity index (χ0n) is 14.1. The molecule has 0 unspecified atom stereocenters. The van der Waals surface area contributed by atoms with Gasteiger partial charge in [-0.15, -0.1) is 11.3 Å². The highest BCUT2D eigenvalue weighted by atomic mass is 32.1.